The van der Waals surface area contributed by atoms with E-state index in [1.54, 1.807) is 12.1 Å². The Labute approximate surface area is 101 Å². The second kappa shape index (κ2) is 3.55. The predicted molar refractivity (Wildman–Crippen MR) is 60.1 cm³/mol. The molecule has 4 nitrogen and oxygen atoms in total. The Hall–Kier alpha value is -0.910. The highest BCUT2D eigenvalue weighted by atomic mass is 35.5. The lowest BCUT2D eigenvalue weighted by molar-refractivity contribution is -0.138. The minimum Gasteiger partial charge on any atom is -0.404 e. The molecule has 0 N–H and O–H groups in total. The SMILES string of the molecule is O=C1OC(c2ccc(Cl)s2)=N[C@@]12CCOC2. The van der Waals surface area contributed by atoms with Crippen LogP contribution in [0.15, 0.2) is 17.1 Å². The van der Waals surface area contributed by atoms with Crippen molar-refractivity contribution in [3.05, 3.63) is 21.3 Å². The molecular formula is C10H8ClNO3S. The van der Waals surface area contributed by atoms with Crippen molar-refractivity contribution in [3.63, 3.8) is 0 Å². The highest BCUT2D eigenvalue weighted by molar-refractivity contribution is 7.18. The zero-order valence-electron chi connectivity index (χ0n) is 8.23. The smallest absolute Gasteiger partial charge is 0.343 e. The molecule has 0 radical (unpaired) electrons. The molecule has 16 heavy (non-hydrogen) atoms. The number of hydrogen-bond donors (Lipinski definition) is 0. The van der Waals surface area contributed by atoms with Gasteiger partial charge in [-0.15, -0.1) is 11.3 Å². The van der Waals surface area contributed by atoms with Crippen LogP contribution in [0.25, 0.3) is 0 Å². The van der Waals surface area contributed by atoms with Crippen LogP contribution in [-0.4, -0.2) is 30.6 Å². The van der Waals surface area contributed by atoms with Crippen LogP contribution in [0.2, 0.25) is 4.34 Å². The van der Waals surface area contributed by atoms with E-state index < -0.39 is 5.54 Å². The van der Waals surface area contributed by atoms with Crippen LogP contribution in [0.4, 0.5) is 0 Å². The van der Waals surface area contributed by atoms with Crippen LogP contribution >= 0.6 is 22.9 Å². The van der Waals surface area contributed by atoms with Crippen molar-refractivity contribution in [2.45, 2.75) is 12.0 Å². The summed E-state index contributed by atoms with van der Waals surface area (Å²) in [6.45, 7) is 0.867. The number of aliphatic imine (C=N–C) groups is 1. The molecule has 1 spiro atoms. The van der Waals surface area contributed by atoms with Gasteiger partial charge in [0.15, 0.2) is 5.54 Å². The highest BCUT2D eigenvalue weighted by Gasteiger charge is 2.49. The molecule has 1 atom stereocenters. The minimum atomic E-state index is -0.800. The fraction of sp³-hybridized carbons (Fsp3) is 0.400. The monoisotopic (exact) mass is 257 g/mol. The Morgan fingerprint density at radius 1 is 1.50 bits per heavy atom. The molecule has 1 aromatic rings. The fourth-order valence-corrected chi connectivity index (χ4v) is 2.75. The zero-order chi connectivity index (χ0) is 11.2. The maximum Gasteiger partial charge on any atom is 0.343 e. The molecular weight excluding hydrogens is 250 g/mol. The van der Waals surface area contributed by atoms with E-state index >= 15 is 0 Å². The van der Waals surface area contributed by atoms with Gasteiger partial charge in [0.2, 0.25) is 5.90 Å². The number of cyclic esters (lactones) is 1. The molecule has 0 saturated carbocycles. The molecule has 1 aromatic heterocycles. The van der Waals surface area contributed by atoms with E-state index in [1.807, 2.05) is 0 Å². The summed E-state index contributed by atoms with van der Waals surface area (Å²) in [5, 5.41) is 0. The van der Waals surface area contributed by atoms with E-state index in [4.69, 9.17) is 21.1 Å². The third-order valence-corrected chi connectivity index (χ3v) is 3.89. The summed E-state index contributed by atoms with van der Waals surface area (Å²) in [5.41, 5.74) is -0.800. The number of nitrogens with zero attached hydrogens (tertiary/aromatic N) is 1. The van der Waals surface area contributed by atoms with Crippen LogP contribution in [0, 0.1) is 0 Å². The first-order chi connectivity index (χ1) is 7.70. The average Bonchev–Trinajstić information content (AvgIpc) is 2.92. The number of thiophene rings is 1. The number of hydrogen-bond acceptors (Lipinski definition) is 5. The molecule has 0 aliphatic carbocycles. The van der Waals surface area contributed by atoms with E-state index in [0.29, 0.717) is 29.9 Å². The quantitative estimate of drug-likeness (QED) is 0.722. The Morgan fingerprint density at radius 2 is 2.38 bits per heavy atom. The van der Waals surface area contributed by atoms with Gasteiger partial charge in [-0.25, -0.2) is 9.79 Å². The third-order valence-electron chi connectivity index (χ3n) is 2.67. The van der Waals surface area contributed by atoms with Gasteiger partial charge in [0.25, 0.3) is 0 Å². The van der Waals surface area contributed by atoms with Gasteiger partial charge in [0.05, 0.1) is 15.8 Å². The zero-order valence-corrected chi connectivity index (χ0v) is 9.81. The highest BCUT2D eigenvalue weighted by Crippen LogP contribution is 2.33. The molecule has 1 saturated heterocycles. The molecule has 84 valence electrons. The van der Waals surface area contributed by atoms with Gasteiger partial charge < -0.3 is 9.47 Å². The van der Waals surface area contributed by atoms with Crippen LogP contribution in [0.5, 0.6) is 0 Å². The largest absolute Gasteiger partial charge is 0.404 e. The number of halogens is 1. The topological polar surface area (TPSA) is 47.9 Å². The summed E-state index contributed by atoms with van der Waals surface area (Å²) in [7, 11) is 0. The fourth-order valence-electron chi connectivity index (χ4n) is 1.78. The number of ether oxygens (including phenoxy) is 2. The third kappa shape index (κ3) is 1.47. The number of rotatable bonds is 1. The molecule has 0 bridgehead atoms. The standard InChI is InChI=1S/C10H8ClNO3S/c11-7-2-1-6(16-7)8-12-10(9(13)15-8)3-4-14-5-10/h1-2H,3-5H2/t10-/m1/s1. The first-order valence-corrected chi connectivity index (χ1v) is 6.05. The Bertz CT molecular complexity index is 476. The average molecular weight is 258 g/mol. The van der Waals surface area contributed by atoms with E-state index in [9.17, 15) is 4.79 Å². The normalized spacial score (nSPS) is 28.6. The van der Waals surface area contributed by atoms with Crippen molar-refractivity contribution in [1.82, 2.24) is 0 Å². The van der Waals surface area contributed by atoms with Gasteiger partial charge in [-0.1, -0.05) is 11.6 Å². The summed E-state index contributed by atoms with van der Waals surface area (Å²) < 4.78 is 11.0. The van der Waals surface area contributed by atoms with E-state index in [2.05, 4.69) is 4.99 Å². The molecule has 6 heteroatoms. The van der Waals surface area contributed by atoms with Gasteiger partial charge in [0.1, 0.15) is 0 Å². The second-order valence-corrected chi connectivity index (χ2v) is 5.46. The Kier molecular flexibility index (Phi) is 2.27. The van der Waals surface area contributed by atoms with Gasteiger partial charge in [-0.3, -0.25) is 0 Å². The van der Waals surface area contributed by atoms with Crippen molar-refractivity contribution in [3.8, 4) is 0 Å². The molecule has 2 aliphatic heterocycles. The number of carbonyl (C=O) groups is 1. The van der Waals surface area contributed by atoms with Crippen LogP contribution < -0.4 is 0 Å². The second-order valence-electron chi connectivity index (χ2n) is 3.74. The van der Waals surface area contributed by atoms with Crippen LogP contribution in [0.1, 0.15) is 11.3 Å². The molecule has 0 amide bonds. The van der Waals surface area contributed by atoms with Gasteiger partial charge in [-0.05, 0) is 12.1 Å². The van der Waals surface area contributed by atoms with Crippen molar-refractivity contribution in [2.75, 3.05) is 13.2 Å². The van der Waals surface area contributed by atoms with Crippen molar-refractivity contribution in [1.29, 1.82) is 0 Å². The van der Waals surface area contributed by atoms with Gasteiger partial charge in [-0.2, -0.15) is 0 Å². The molecule has 1 fully saturated rings. The van der Waals surface area contributed by atoms with Crippen LogP contribution in [-0.2, 0) is 14.3 Å². The summed E-state index contributed by atoms with van der Waals surface area (Å²) >= 11 is 7.17. The molecule has 0 unspecified atom stereocenters. The lowest BCUT2D eigenvalue weighted by Crippen LogP contribution is -2.33. The molecule has 2 aliphatic rings. The summed E-state index contributed by atoms with van der Waals surface area (Å²) in [5.74, 6) is 0.0527. The molecule has 3 rings (SSSR count). The van der Waals surface area contributed by atoms with Crippen molar-refractivity contribution >= 4 is 34.8 Å². The maximum absolute atomic E-state index is 11.7. The number of esters is 1. The molecule has 3 heterocycles. The van der Waals surface area contributed by atoms with Crippen LogP contribution in [0.3, 0.4) is 0 Å². The minimum absolute atomic E-state index is 0.314. The lowest BCUT2D eigenvalue weighted by Gasteiger charge is -2.10. The van der Waals surface area contributed by atoms with E-state index in [0.717, 1.165) is 4.88 Å². The van der Waals surface area contributed by atoms with Gasteiger partial charge >= 0.3 is 5.97 Å². The lowest BCUT2D eigenvalue weighted by atomic mass is 10.0. The Balaban J connectivity index is 1.96. The molecule has 0 aromatic carbocycles. The van der Waals surface area contributed by atoms with E-state index in [-0.39, 0.29) is 5.97 Å². The first-order valence-electron chi connectivity index (χ1n) is 4.85. The maximum atomic E-state index is 11.7. The number of carbonyl (C=O) groups excluding carboxylic acids is 1. The summed E-state index contributed by atoms with van der Waals surface area (Å²) in [4.78, 5) is 16.9. The van der Waals surface area contributed by atoms with Crippen molar-refractivity contribution in [2.24, 2.45) is 4.99 Å². The van der Waals surface area contributed by atoms with E-state index in [1.165, 1.54) is 11.3 Å². The Morgan fingerprint density at radius 3 is 3.00 bits per heavy atom. The predicted octanol–water partition coefficient (Wildman–Crippen LogP) is 1.86. The van der Waals surface area contributed by atoms with Gasteiger partial charge in [0, 0.05) is 13.0 Å². The van der Waals surface area contributed by atoms with Crippen molar-refractivity contribution < 1.29 is 14.3 Å². The summed E-state index contributed by atoms with van der Waals surface area (Å²) in [6, 6.07) is 3.56. The summed E-state index contributed by atoms with van der Waals surface area (Å²) in [6.07, 6.45) is 0.592. The first kappa shape index (κ1) is 10.3.